The minimum absolute atomic E-state index is 0.245. The van der Waals surface area contributed by atoms with Crippen LogP contribution in [-0.4, -0.2) is 24.3 Å². The summed E-state index contributed by atoms with van der Waals surface area (Å²) in [5.41, 5.74) is 1.42. The number of hydrogen-bond acceptors (Lipinski definition) is 3. The van der Waals surface area contributed by atoms with E-state index in [1.807, 2.05) is 18.2 Å². The van der Waals surface area contributed by atoms with Crippen molar-refractivity contribution in [2.75, 3.05) is 13.2 Å². The quantitative estimate of drug-likeness (QED) is 0.786. The number of aromatic carboxylic acids is 1. The smallest absolute Gasteiger partial charge is 0.335 e. The van der Waals surface area contributed by atoms with Crippen molar-refractivity contribution in [1.29, 1.82) is 0 Å². The van der Waals surface area contributed by atoms with Crippen LogP contribution in [0.2, 0.25) is 0 Å². The van der Waals surface area contributed by atoms with Crippen LogP contribution in [0.5, 0.6) is 11.5 Å². The lowest BCUT2D eigenvalue weighted by Gasteiger charge is -2.14. The molecule has 0 radical (unpaired) electrons. The number of carbonyl (C=O) groups is 1. The lowest BCUT2D eigenvalue weighted by molar-refractivity contribution is 0.0697. The molecule has 0 saturated carbocycles. The summed E-state index contributed by atoms with van der Waals surface area (Å²) in [5, 5.41) is 8.83. The van der Waals surface area contributed by atoms with Crippen molar-refractivity contribution >= 4 is 5.97 Å². The average molecular weight is 300 g/mol. The molecule has 0 aromatic heterocycles. The Morgan fingerprint density at radius 2 is 1.64 bits per heavy atom. The molecule has 0 bridgehead atoms. The second-order valence-electron chi connectivity index (χ2n) is 5.22. The predicted molar refractivity (Wildman–Crippen MR) is 84.9 cm³/mol. The van der Waals surface area contributed by atoms with Crippen molar-refractivity contribution < 1.29 is 19.4 Å². The number of ether oxygens (including phenoxy) is 2. The Kier molecular flexibility index (Phi) is 5.42. The van der Waals surface area contributed by atoms with Crippen molar-refractivity contribution in [1.82, 2.24) is 0 Å². The molecule has 22 heavy (non-hydrogen) atoms. The molecule has 0 aliphatic rings. The van der Waals surface area contributed by atoms with Crippen LogP contribution in [0.1, 0.15) is 35.7 Å². The van der Waals surface area contributed by atoms with Crippen LogP contribution >= 0.6 is 0 Å². The van der Waals surface area contributed by atoms with Crippen LogP contribution in [0.25, 0.3) is 0 Å². The molecule has 1 N–H and O–H groups in total. The highest BCUT2D eigenvalue weighted by molar-refractivity contribution is 5.87. The Labute approximate surface area is 130 Å². The van der Waals surface area contributed by atoms with Gasteiger partial charge in [0.25, 0.3) is 0 Å². The zero-order valence-electron chi connectivity index (χ0n) is 12.8. The van der Waals surface area contributed by atoms with Gasteiger partial charge in [-0.2, -0.15) is 0 Å². The zero-order chi connectivity index (χ0) is 15.9. The fraction of sp³-hybridized carbons (Fsp3) is 0.278. The van der Waals surface area contributed by atoms with E-state index in [2.05, 4.69) is 19.9 Å². The molecule has 0 aliphatic heterocycles. The summed E-state index contributed by atoms with van der Waals surface area (Å²) in [6.07, 6.45) is 0. The minimum atomic E-state index is -0.944. The Morgan fingerprint density at radius 1 is 1.00 bits per heavy atom. The van der Waals surface area contributed by atoms with E-state index in [4.69, 9.17) is 14.6 Å². The van der Waals surface area contributed by atoms with Crippen molar-refractivity contribution in [2.24, 2.45) is 0 Å². The molecule has 0 atom stereocenters. The first-order valence-corrected chi connectivity index (χ1v) is 7.26. The highest BCUT2D eigenvalue weighted by atomic mass is 16.5. The Balaban J connectivity index is 1.83. The minimum Gasteiger partial charge on any atom is -0.490 e. The van der Waals surface area contributed by atoms with Gasteiger partial charge in [0.1, 0.15) is 24.7 Å². The van der Waals surface area contributed by atoms with Crippen LogP contribution in [-0.2, 0) is 0 Å². The van der Waals surface area contributed by atoms with Gasteiger partial charge < -0.3 is 14.6 Å². The van der Waals surface area contributed by atoms with E-state index in [0.717, 1.165) is 5.75 Å². The molecule has 0 spiro atoms. The number of carboxylic acids is 1. The molecule has 116 valence electrons. The Morgan fingerprint density at radius 3 is 2.27 bits per heavy atom. The van der Waals surface area contributed by atoms with Gasteiger partial charge in [-0.05, 0) is 41.8 Å². The summed E-state index contributed by atoms with van der Waals surface area (Å²) in [6, 6.07) is 14.3. The van der Waals surface area contributed by atoms with Crippen molar-refractivity contribution in [3.63, 3.8) is 0 Å². The zero-order valence-corrected chi connectivity index (χ0v) is 12.8. The fourth-order valence-electron chi connectivity index (χ4n) is 2.09. The molecule has 0 heterocycles. The van der Waals surface area contributed by atoms with Crippen molar-refractivity contribution in [3.05, 3.63) is 59.7 Å². The third-order valence-corrected chi connectivity index (χ3v) is 3.25. The molecule has 0 saturated heterocycles. The van der Waals surface area contributed by atoms with E-state index >= 15 is 0 Å². The summed E-state index contributed by atoms with van der Waals surface area (Å²) >= 11 is 0. The lowest BCUT2D eigenvalue weighted by atomic mass is 10.0. The number of para-hydroxylation sites is 1. The first kappa shape index (κ1) is 15.9. The summed E-state index contributed by atoms with van der Waals surface area (Å²) in [4.78, 5) is 10.8. The van der Waals surface area contributed by atoms with E-state index in [1.165, 1.54) is 17.7 Å². The maximum Gasteiger partial charge on any atom is 0.335 e. The Hall–Kier alpha value is -2.49. The second kappa shape index (κ2) is 7.50. The average Bonchev–Trinajstić information content (AvgIpc) is 2.52. The van der Waals surface area contributed by atoms with Gasteiger partial charge in [0.05, 0.1) is 5.56 Å². The summed E-state index contributed by atoms with van der Waals surface area (Å²) in [5.74, 6) is 0.967. The fourth-order valence-corrected chi connectivity index (χ4v) is 2.09. The standard InChI is InChI=1S/C18H20O4/c1-13(2)16-5-3-4-6-17(16)22-12-11-21-15-9-7-14(8-10-15)18(19)20/h3-10,13H,11-12H2,1-2H3,(H,19,20). The van der Waals surface area contributed by atoms with Crippen molar-refractivity contribution in [3.8, 4) is 11.5 Å². The van der Waals surface area contributed by atoms with E-state index in [0.29, 0.717) is 24.9 Å². The number of hydrogen-bond donors (Lipinski definition) is 1. The normalized spacial score (nSPS) is 10.5. The van der Waals surface area contributed by atoms with Crippen molar-refractivity contribution in [2.45, 2.75) is 19.8 Å². The molecule has 4 heteroatoms. The summed E-state index contributed by atoms with van der Waals surface area (Å²) in [7, 11) is 0. The van der Waals surface area contributed by atoms with Crippen LogP contribution in [0.3, 0.4) is 0 Å². The van der Waals surface area contributed by atoms with Gasteiger partial charge in [0.2, 0.25) is 0 Å². The second-order valence-corrected chi connectivity index (χ2v) is 5.22. The Bertz CT molecular complexity index is 617. The van der Waals surface area contributed by atoms with Gasteiger partial charge in [0, 0.05) is 0 Å². The largest absolute Gasteiger partial charge is 0.490 e. The van der Waals surface area contributed by atoms with Crippen LogP contribution < -0.4 is 9.47 Å². The highest BCUT2D eigenvalue weighted by Gasteiger charge is 2.07. The molecule has 0 unspecified atom stereocenters. The van der Waals surface area contributed by atoms with E-state index in [1.54, 1.807) is 12.1 Å². The molecular formula is C18H20O4. The first-order chi connectivity index (χ1) is 10.6. The van der Waals surface area contributed by atoms with Gasteiger partial charge >= 0.3 is 5.97 Å². The third kappa shape index (κ3) is 4.25. The molecule has 0 aliphatic carbocycles. The number of benzene rings is 2. The molecule has 2 aromatic rings. The van der Waals surface area contributed by atoms with Gasteiger partial charge in [0.15, 0.2) is 0 Å². The van der Waals surface area contributed by atoms with Crippen LogP contribution in [0.15, 0.2) is 48.5 Å². The molecule has 2 rings (SSSR count). The van der Waals surface area contributed by atoms with Crippen LogP contribution in [0.4, 0.5) is 0 Å². The van der Waals surface area contributed by atoms with Gasteiger partial charge in [-0.1, -0.05) is 32.0 Å². The van der Waals surface area contributed by atoms with Gasteiger partial charge in [-0.3, -0.25) is 0 Å². The third-order valence-electron chi connectivity index (χ3n) is 3.25. The molecule has 0 amide bonds. The summed E-state index contributed by atoms with van der Waals surface area (Å²) < 4.78 is 11.3. The maximum atomic E-state index is 10.8. The SMILES string of the molecule is CC(C)c1ccccc1OCCOc1ccc(C(=O)O)cc1. The maximum absolute atomic E-state index is 10.8. The molecule has 0 fully saturated rings. The number of rotatable bonds is 7. The van der Waals surface area contributed by atoms with Gasteiger partial charge in [-0.25, -0.2) is 4.79 Å². The molecular weight excluding hydrogens is 280 g/mol. The first-order valence-electron chi connectivity index (χ1n) is 7.26. The van der Waals surface area contributed by atoms with E-state index < -0.39 is 5.97 Å². The molecule has 4 nitrogen and oxygen atoms in total. The molecule has 2 aromatic carbocycles. The van der Waals surface area contributed by atoms with E-state index in [-0.39, 0.29) is 5.56 Å². The summed E-state index contributed by atoms with van der Waals surface area (Å²) in [6.45, 7) is 5.09. The highest BCUT2D eigenvalue weighted by Crippen LogP contribution is 2.25. The van der Waals surface area contributed by atoms with E-state index in [9.17, 15) is 4.79 Å². The number of carboxylic acid groups (broad SMARTS) is 1. The lowest BCUT2D eigenvalue weighted by Crippen LogP contribution is -2.10. The van der Waals surface area contributed by atoms with Crippen LogP contribution in [0, 0.1) is 0 Å². The van der Waals surface area contributed by atoms with Gasteiger partial charge in [-0.15, -0.1) is 0 Å². The topological polar surface area (TPSA) is 55.8 Å². The monoisotopic (exact) mass is 300 g/mol. The predicted octanol–water partition coefficient (Wildman–Crippen LogP) is 3.97.